The molecule has 3 rings (SSSR count). The molecule has 1 heterocycles. The number of carbonyl (C=O) groups excluding carboxylic acids is 1. The Balaban J connectivity index is 1.75. The quantitative estimate of drug-likeness (QED) is 0.798. The normalized spacial score (nSPS) is 11.3. The van der Waals surface area contributed by atoms with Gasteiger partial charge in [-0.3, -0.25) is 4.79 Å². The Morgan fingerprint density at radius 1 is 1.08 bits per heavy atom. The minimum Gasteiger partial charge on any atom is -0.322 e. The van der Waals surface area contributed by atoms with Crippen LogP contribution in [-0.4, -0.2) is 20.7 Å². The van der Waals surface area contributed by atoms with E-state index in [9.17, 15) is 18.0 Å². The molecule has 0 aliphatic rings. The fraction of sp³-hybridized carbons (Fsp3) is 0.0625. The molecule has 5 nitrogen and oxygen atoms in total. The number of nitrogens with one attached hydrogen (secondary N) is 1. The highest BCUT2D eigenvalue weighted by Gasteiger charge is 2.30. The summed E-state index contributed by atoms with van der Waals surface area (Å²) in [7, 11) is 0. The van der Waals surface area contributed by atoms with Gasteiger partial charge in [0.25, 0.3) is 5.91 Å². The maximum atomic E-state index is 12.7. The SMILES string of the molecule is O=C(Nc1ccc(-n2cncn2)cc1)c1cccc(C(F)(F)F)c1. The highest BCUT2D eigenvalue weighted by atomic mass is 19.4. The Labute approximate surface area is 134 Å². The Kier molecular flexibility index (Phi) is 4.03. The van der Waals surface area contributed by atoms with Crippen molar-refractivity contribution >= 4 is 11.6 Å². The second kappa shape index (κ2) is 6.15. The number of carbonyl (C=O) groups is 1. The summed E-state index contributed by atoms with van der Waals surface area (Å²) in [6, 6.07) is 10.9. The van der Waals surface area contributed by atoms with Gasteiger partial charge in [-0.2, -0.15) is 18.3 Å². The number of benzene rings is 2. The van der Waals surface area contributed by atoms with E-state index in [0.717, 1.165) is 17.8 Å². The van der Waals surface area contributed by atoms with E-state index >= 15 is 0 Å². The van der Waals surface area contributed by atoms with Crippen molar-refractivity contribution < 1.29 is 18.0 Å². The summed E-state index contributed by atoms with van der Waals surface area (Å²) in [6.07, 6.45) is -1.57. The summed E-state index contributed by atoms with van der Waals surface area (Å²) < 4.78 is 39.6. The van der Waals surface area contributed by atoms with Gasteiger partial charge in [-0.05, 0) is 42.5 Å². The van der Waals surface area contributed by atoms with E-state index in [1.54, 1.807) is 28.9 Å². The lowest BCUT2D eigenvalue weighted by molar-refractivity contribution is -0.137. The van der Waals surface area contributed by atoms with Crippen LogP contribution >= 0.6 is 0 Å². The van der Waals surface area contributed by atoms with E-state index in [2.05, 4.69) is 15.4 Å². The maximum Gasteiger partial charge on any atom is 0.416 e. The number of hydrogen-bond acceptors (Lipinski definition) is 3. The zero-order valence-electron chi connectivity index (χ0n) is 12.2. The zero-order valence-corrected chi connectivity index (χ0v) is 12.2. The van der Waals surface area contributed by atoms with Crippen LogP contribution in [0.1, 0.15) is 15.9 Å². The van der Waals surface area contributed by atoms with Gasteiger partial charge in [-0.15, -0.1) is 0 Å². The van der Waals surface area contributed by atoms with E-state index < -0.39 is 17.6 Å². The Hall–Kier alpha value is -3.16. The number of alkyl halides is 3. The van der Waals surface area contributed by atoms with Crippen LogP contribution < -0.4 is 5.32 Å². The molecule has 1 amide bonds. The molecule has 0 saturated heterocycles. The molecular formula is C16H11F3N4O. The van der Waals surface area contributed by atoms with Crippen LogP contribution in [0.2, 0.25) is 0 Å². The molecule has 122 valence electrons. The third kappa shape index (κ3) is 3.43. The summed E-state index contributed by atoms with van der Waals surface area (Å²) in [4.78, 5) is 15.9. The predicted molar refractivity (Wildman–Crippen MR) is 80.8 cm³/mol. The van der Waals surface area contributed by atoms with Crippen molar-refractivity contribution in [3.63, 3.8) is 0 Å². The monoisotopic (exact) mass is 332 g/mol. The largest absolute Gasteiger partial charge is 0.416 e. The Morgan fingerprint density at radius 3 is 2.46 bits per heavy atom. The van der Waals surface area contributed by atoms with E-state index in [4.69, 9.17) is 0 Å². The van der Waals surface area contributed by atoms with Crippen LogP contribution in [0, 0.1) is 0 Å². The highest BCUT2D eigenvalue weighted by molar-refractivity contribution is 6.04. The Morgan fingerprint density at radius 2 is 1.83 bits per heavy atom. The van der Waals surface area contributed by atoms with Gasteiger partial charge < -0.3 is 5.32 Å². The van der Waals surface area contributed by atoms with Crippen molar-refractivity contribution in [1.29, 1.82) is 0 Å². The standard InChI is InChI=1S/C16H11F3N4O/c17-16(18,19)12-3-1-2-11(8-12)15(24)22-13-4-6-14(7-5-13)23-10-20-9-21-23/h1-10H,(H,22,24). The van der Waals surface area contributed by atoms with E-state index in [-0.39, 0.29) is 5.56 Å². The van der Waals surface area contributed by atoms with Gasteiger partial charge >= 0.3 is 6.18 Å². The number of nitrogens with zero attached hydrogens (tertiary/aromatic N) is 3. The summed E-state index contributed by atoms with van der Waals surface area (Å²) in [5.41, 5.74) is 0.271. The second-order valence-corrected chi connectivity index (χ2v) is 4.92. The summed E-state index contributed by atoms with van der Waals surface area (Å²) >= 11 is 0. The van der Waals surface area contributed by atoms with Crippen molar-refractivity contribution in [1.82, 2.24) is 14.8 Å². The average Bonchev–Trinajstić information content (AvgIpc) is 3.09. The third-order valence-electron chi connectivity index (χ3n) is 3.26. The molecule has 0 unspecified atom stereocenters. The minimum absolute atomic E-state index is 0.0647. The molecule has 3 aromatic rings. The first kappa shape index (κ1) is 15.7. The smallest absolute Gasteiger partial charge is 0.322 e. The summed E-state index contributed by atoms with van der Waals surface area (Å²) in [5.74, 6) is -0.616. The lowest BCUT2D eigenvalue weighted by atomic mass is 10.1. The molecular weight excluding hydrogens is 321 g/mol. The first-order chi connectivity index (χ1) is 11.4. The topological polar surface area (TPSA) is 59.8 Å². The summed E-state index contributed by atoms with van der Waals surface area (Å²) in [6.45, 7) is 0. The molecule has 2 aromatic carbocycles. The molecule has 0 atom stereocenters. The molecule has 0 fully saturated rings. The molecule has 1 N–H and O–H groups in total. The van der Waals surface area contributed by atoms with Crippen molar-refractivity contribution in [2.75, 3.05) is 5.32 Å². The van der Waals surface area contributed by atoms with Gasteiger partial charge in [0.15, 0.2) is 0 Å². The van der Waals surface area contributed by atoms with Gasteiger partial charge in [0, 0.05) is 11.3 Å². The van der Waals surface area contributed by atoms with Crippen molar-refractivity contribution in [2.45, 2.75) is 6.18 Å². The predicted octanol–water partition coefficient (Wildman–Crippen LogP) is 3.54. The number of hydrogen-bond donors (Lipinski definition) is 1. The molecule has 0 spiro atoms. The van der Waals surface area contributed by atoms with Crippen molar-refractivity contribution in [2.24, 2.45) is 0 Å². The number of anilines is 1. The lowest BCUT2D eigenvalue weighted by Crippen LogP contribution is -2.14. The summed E-state index contributed by atoms with van der Waals surface area (Å²) in [5, 5.41) is 6.53. The van der Waals surface area contributed by atoms with Gasteiger partial charge in [0.05, 0.1) is 11.3 Å². The fourth-order valence-corrected chi connectivity index (χ4v) is 2.08. The maximum absolute atomic E-state index is 12.7. The second-order valence-electron chi connectivity index (χ2n) is 4.92. The highest BCUT2D eigenvalue weighted by Crippen LogP contribution is 2.29. The molecule has 0 aliphatic heterocycles. The van der Waals surface area contributed by atoms with Gasteiger partial charge in [0.1, 0.15) is 12.7 Å². The van der Waals surface area contributed by atoms with Crippen LogP contribution in [0.5, 0.6) is 0 Å². The van der Waals surface area contributed by atoms with Crippen molar-refractivity contribution in [3.8, 4) is 5.69 Å². The van der Waals surface area contributed by atoms with Crippen molar-refractivity contribution in [3.05, 3.63) is 72.3 Å². The van der Waals surface area contributed by atoms with Crippen LogP contribution in [0.15, 0.2) is 61.2 Å². The number of halogens is 3. The van der Waals surface area contributed by atoms with Crippen LogP contribution in [0.25, 0.3) is 5.69 Å². The zero-order chi connectivity index (χ0) is 17.2. The first-order valence-corrected chi connectivity index (χ1v) is 6.87. The number of rotatable bonds is 3. The van der Waals surface area contributed by atoms with Crippen LogP contribution in [0.4, 0.5) is 18.9 Å². The van der Waals surface area contributed by atoms with Gasteiger partial charge in [0.2, 0.25) is 0 Å². The van der Waals surface area contributed by atoms with E-state index in [1.165, 1.54) is 24.8 Å². The number of aromatic nitrogens is 3. The van der Waals surface area contributed by atoms with Gasteiger partial charge in [-0.25, -0.2) is 9.67 Å². The molecule has 8 heteroatoms. The molecule has 1 aromatic heterocycles. The molecule has 0 bridgehead atoms. The Bertz CT molecular complexity index is 843. The first-order valence-electron chi connectivity index (χ1n) is 6.87. The van der Waals surface area contributed by atoms with E-state index in [0.29, 0.717) is 5.69 Å². The average molecular weight is 332 g/mol. The van der Waals surface area contributed by atoms with Crippen LogP contribution in [0.3, 0.4) is 0 Å². The third-order valence-corrected chi connectivity index (χ3v) is 3.26. The minimum atomic E-state index is -4.49. The number of amides is 1. The fourth-order valence-electron chi connectivity index (χ4n) is 2.08. The molecule has 0 radical (unpaired) electrons. The van der Waals surface area contributed by atoms with Crippen LogP contribution in [-0.2, 0) is 6.18 Å². The van der Waals surface area contributed by atoms with Gasteiger partial charge in [-0.1, -0.05) is 6.07 Å². The molecule has 24 heavy (non-hydrogen) atoms. The molecule has 0 saturated carbocycles. The van der Waals surface area contributed by atoms with E-state index in [1.807, 2.05) is 0 Å². The lowest BCUT2D eigenvalue weighted by Gasteiger charge is -2.09. The molecule has 0 aliphatic carbocycles.